The zero-order valence-corrected chi connectivity index (χ0v) is 13.1. The lowest BCUT2D eigenvalue weighted by molar-refractivity contribution is 0.750. The lowest BCUT2D eigenvalue weighted by atomic mass is 10.4. The average Bonchev–Trinajstić information content (AvgIpc) is 3.02. The van der Waals surface area contributed by atoms with E-state index in [9.17, 15) is 0 Å². The molecule has 4 heteroatoms. The molecule has 0 saturated carbocycles. The Bertz CT molecular complexity index is 598. The second-order valence-corrected chi connectivity index (χ2v) is 7.40. The minimum absolute atomic E-state index is 0.406. The summed E-state index contributed by atoms with van der Waals surface area (Å²) in [6.45, 7) is 0.930. The molecule has 106 valence electrons. The lowest BCUT2D eigenvalue weighted by Gasteiger charge is -2.17. The first kappa shape index (κ1) is 14.3. The normalized spacial score (nSPS) is 10.9. The number of nitrogens with zero attached hydrogens (tertiary/aromatic N) is 2. The first-order valence-corrected chi connectivity index (χ1v) is 8.55. The summed E-state index contributed by atoms with van der Waals surface area (Å²) in [5.74, 6) is 0. The van der Waals surface area contributed by atoms with Crippen LogP contribution in [0.5, 0.6) is 0 Å². The summed E-state index contributed by atoms with van der Waals surface area (Å²) in [5, 5.41) is 0. The zero-order chi connectivity index (χ0) is 14.3. The molecule has 21 heavy (non-hydrogen) atoms. The summed E-state index contributed by atoms with van der Waals surface area (Å²) in [7, 11) is 0. The van der Waals surface area contributed by atoms with Gasteiger partial charge in [-0.25, -0.2) is 4.98 Å². The molecule has 0 atom stereocenters. The molecular formula is C17H16N2S2. The fourth-order valence-electron chi connectivity index (χ4n) is 1.97. The number of hydrogen-bond donors (Lipinski definition) is 0. The van der Waals surface area contributed by atoms with Gasteiger partial charge in [0.25, 0.3) is 0 Å². The van der Waals surface area contributed by atoms with Gasteiger partial charge >= 0.3 is 0 Å². The molecule has 0 aliphatic carbocycles. The molecule has 3 aromatic rings. The molecule has 0 amide bonds. The Labute approximate surface area is 133 Å². The van der Waals surface area contributed by atoms with E-state index in [1.54, 1.807) is 0 Å². The highest BCUT2D eigenvalue weighted by Gasteiger charge is 2.13. The molecule has 1 heterocycles. The molecule has 3 rings (SSSR count). The van der Waals surface area contributed by atoms with Gasteiger partial charge in [-0.3, -0.25) is 0 Å². The number of rotatable bonds is 6. The van der Waals surface area contributed by atoms with Crippen LogP contribution in [0.25, 0.3) is 0 Å². The smallest absolute Gasteiger partial charge is 0.0946 e. The minimum Gasteiger partial charge on any atom is -0.336 e. The van der Waals surface area contributed by atoms with E-state index in [2.05, 4.69) is 70.2 Å². The van der Waals surface area contributed by atoms with Crippen molar-refractivity contribution in [2.24, 2.45) is 0 Å². The Balaban J connectivity index is 1.74. The van der Waals surface area contributed by atoms with E-state index in [4.69, 9.17) is 0 Å². The molecule has 2 aromatic carbocycles. The molecule has 0 fully saturated rings. The minimum atomic E-state index is 0.406. The van der Waals surface area contributed by atoms with Gasteiger partial charge in [0, 0.05) is 28.7 Å². The van der Waals surface area contributed by atoms with Crippen molar-refractivity contribution in [3.63, 3.8) is 0 Å². The number of hydrogen-bond acceptors (Lipinski definition) is 3. The summed E-state index contributed by atoms with van der Waals surface area (Å²) in [5.41, 5.74) is 0. The summed E-state index contributed by atoms with van der Waals surface area (Å²) in [6, 6.07) is 21.1. The van der Waals surface area contributed by atoms with Crippen LogP contribution >= 0.6 is 23.5 Å². The van der Waals surface area contributed by atoms with Crippen molar-refractivity contribution < 1.29 is 0 Å². The van der Waals surface area contributed by atoms with Crippen LogP contribution in [0.2, 0.25) is 0 Å². The van der Waals surface area contributed by atoms with Crippen LogP contribution in [0, 0.1) is 0 Å². The zero-order valence-electron chi connectivity index (χ0n) is 11.5. The summed E-state index contributed by atoms with van der Waals surface area (Å²) < 4.78 is 2.54. The third-order valence-electron chi connectivity index (χ3n) is 2.94. The molecule has 0 bridgehead atoms. The van der Waals surface area contributed by atoms with Gasteiger partial charge in [0.05, 0.1) is 10.9 Å². The Hall–Kier alpha value is -1.65. The highest BCUT2D eigenvalue weighted by molar-refractivity contribution is 8.17. The molecular weight excluding hydrogens is 296 g/mol. The quantitative estimate of drug-likeness (QED) is 0.481. The van der Waals surface area contributed by atoms with E-state index in [1.807, 2.05) is 42.2 Å². The molecule has 0 aliphatic heterocycles. The van der Waals surface area contributed by atoms with Gasteiger partial charge in [-0.2, -0.15) is 0 Å². The van der Waals surface area contributed by atoms with Crippen LogP contribution in [0.3, 0.4) is 0 Å². The maximum Gasteiger partial charge on any atom is 0.0946 e. The van der Waals surface area contributed by atoms with Crippen LogP contribution in [-0.4, -0.2) is 14.1 Å². The van der Waals surface area contributed by atoms with E-state index in [-0.39, 0.29) is 0 Å². The van der Waals surface area contributed by atoms with Crippen LogP contribution < -0.4 is 0 Å². The molecule has 0 N–H and O–H groups in total. The highest BCUT2D eigenvalue weighted by atomic mass is 32.2. The van der Waals surface area contributed by atoms with Crippen molar-refractivity contribution in [1.29, 1.82) is 0 Å². The molecule has 0 spiro atoms. The fourth-order valence-corrected chi connectivity index (χ4v) is 4.56. The van der Waals surface area contributed by atoms with Gasteiger partial charge in [0.1, 0.15) is 0 Å². The number of thioether (sulfide) groups is 2. The summed E-state index contributed by atoms with van der Waals surface area (Å²) in [6.07, 6.45) is 5.73. The largest absolute Gasteiger partial charge is 0.336 e. The summed E-state index contributed by atoms with van der Waals surface area (Å²) in [4.78, 5) is 6.73. The van der Waals surface area contributed by atoms with Gasteiger partial charge in [-0.05, 0) is 24.3 Å². The van der Waals surface area contributed by atoms with Gasteiger partial charge < -0.3 is 4.57 Å². The van der Waals surface area contributed by atoms with Crippen LogP contribution in [0.4, 0.5) is 0 Å². The van der Waals surface area contributed by atoms with E-state index in [0.29, 0.717) is 4.58 Å². The monoisotopic (exact) mass is 312 g/mol. The van der Waals surface area contributed by atoms with Gasteiger partial charge in [-0.15, -0.1) is 23.5 Å². The van der Waals surface area contributed by atoms with Crippen molar-refractivity contribution in [3.05, 3.63) is 79.4 Å². The highest BCUT2D eigenvalue weighted by Crippen LogP contribution is 2.36. The van der Waals surface area contributed by atoms with Gasteiger partial charge in [-0.1, -0.05) is 36.4 Å². The molecule has 0 unspecified atom stereocenters. The first-order chi connectivity index (χ1) is 10.4. The summed E-state index contributed by atoms with van der Waals surface area (Å²) >= 11 is 3.79. The molecule has 2 nitrogen and oxygen atoms in total. The van der Waals surface area contributed by atoms with Crippen LogP contribution in [-0.2, 0) is 6.54 Å². The van der Waals surface area contributed by atoms with Crippen molar-refractivity contribution >= 4 is 23.5 Å². The third-order valence-corrected chi connectivity index (χ3v) is 5.43. The van der Waals surface area contributed by atoms with Crippen LogP contribution in [0.15, 0.2) is 89.2 Å². The maximum atomic E-state index is 4.13. The SMILES string of the molecule is c1ccc(SC(Cn2ccnc2)Sc2ccccc2)cc1. The Morgan fingerprint density at radius 3 is 1.90 bits per heavy atom. The standard InChI is InChI=1S/C17H16N2S2/c1-3-7-15(8-4-1)20-17(13-19-12-11-18-14-19)21-16-9-5-2-6-10-16/h1-12,14,17H,13H2. The predicted molar refractivity (Wildman–Crippen MR) is 90.6 cm³/mol. The Morgan fingerprint density at radius 2 is 1.43 bits per heavy atom. The molecule has 0 radical (unpaired) electrons. The molecule has 1 aromatic heterocycles. The third kappa shape index (κ3) is 4.41. The second-order valence-electron chi connectivity index (χ2n) is 4.55. The van der Waals surface area contributed by atoms with Gasteiger partial charge in [0.15, 0.2) is 0 Å². The lowest BCUT2D eigenvalue weighted by Crippen LogP contribution is -2.08. The van der Waals surface area contributed by atoms with Gasteiger partial charge in [0.2, 0.25) is 0 Å². The van der Waals surface area contributed by atoms with Crippen molar-refractivity contribution in [2.75, 3.05) is 0 Å². The predicted octanol–water partition coefficient (Wildman–Crippen LogP) is 4.79. The topological polar surface area (TPSA) is 17.8 Å². The van der Waals surface area contributed by atoms with Crippen molar-refractivity contribution in [2.45, 2.75) is 20.9 Å². The molecule has 0 saturated heterocycles. The molecule has 0 aliphatic rings. The van der Waals surface area contributed by atoms with E-state index >= 15 is 0 Å². The van der Waals surface area contributed by atoms with E-state index < -0.39 is 0 Å². The number of aromatic nitrogens is 2. The van der Waals surface area contributed by atoms with Crippen molar-refractivity contribution in [1.82, 2.24) is 9.55 Å². The fraction of sp³-hybridized carbons (Fsp3) is 0.118. The maximum absolute atomic E-state index is 4.13. The first-order valence-electron chi connectivity index (χ1n) is 6.79. The second kappa shape index (κ2) is 7.38. The Morgan fingerprint density at radius 1 is 0.857 bits per heavy atom. The average molecular weight is 312 g/mol. The number of imidazole rings is 1. The van der Waals surface area contributed by atoms with E-state index in [1.165, 1.54) is 9.79 Å². The van der Waals surface area contributed by atoms with Crippen LogP contribution in [0.1, 0.15) is 0 Å². The Kier molecular flexibility index (Phi) is 5.03. The number of benzene rings is 2. The van der Waals surface area contributed by atoms with E-state index in [0.717, 1.165) is 6.54 Å². The van der Waals surface area contributed by atoms with Crippen molar-refractivity contribution in [3.8, 4) is 0 Å².